The van der Waals surface area contributed by atoms with E-state index in [1.165, 1.54) is 4.90 Å². The smallest absolute Gasteiger partial charge is 0.281 e. The SMILES string of the molecule is Cc1cccc(N2C(=O)/C(=C/c3cc(Br)c4c(c3)OCO4)NC2=S)c1C. The molecule has 2 aliphatic heterocycles. The third-order valence-electron chi connectivity index (χ3n) is 4.46. The van der Waals surface area contributed by atoms with Crippen LogP contribution in [0.4, 0.5) is 5.69 Å². The summed E-state index contributed by atoms with van der Waals surface area (Å²) in [5.74, 6) is 1.13. The number of hydrogen-bond donors (Lipinski definition) is 1. The number of anilines is 1. The van der Waals surface area contributed by atoms with E-state index < -0.39 is 0 Å². The number of halogens is 1. The summed E-state index contributed by atoms with van der Waals surface area (Å²) in [4.78, 5) is 14.5. The summed E-state index contributed by atoms with van der Waals surface area (Å²) in [5, 5.41) is 3.39. The zero-order valence-corrected chi connectivity index (χ0v) is 16.5. The van der Waals surface area contributed by atoms with Crippen molar-refractivity contribution in [2.24, 2.45) is 0 Å². The number of aryl methyl sites for hydroxylation is 1. The number of ether oxygens (including phenoxy) is 2. The maximum Gasteiger partial charge on any atom is 0.281 e. The summed E-state index contributed by atoms with van der Waals surface area (Å²) in [6.45, 7) is 4.18. The number of nitrogens with zero attached hydrogens (tertiary/aromatic N) is 1. The number of benzene rings is 2. The number of hydrogen-bond acceptors (Lipinski definition) is 4. The van der Waals surface area contributed by atoms with Crippen LogP contribution in [0.3, 0.4) is 0 Å². The van der Waals surface area contributed by atoms with Gasteiger partial charge in [0.2, 0.25) is 6.79 Å². The van der Waals surface area contributed by atoms with Crippen LogP contribution >= 0.6 is 28.1 Å². The van der Waals surface area contributed by atoms with Gasteiger partial charge in [-0.1, -0.05) is 12.1 Å². The minimum atomic E-state index is -0.183. The van der Waals surface area contributed by atoms with Crippen molar-refractivity contribution < 1.29 is 14.3 Å². The van der Waals surface area contributed by atoms with Crippen molar-refractivity contribution in [3.8, 4) is 11.5 Å². The number of thiocarbonyl (C=S) groups is 1. The number of fused-ring (bicyclic) bond motifs is 1. The van der Waals surface area contributed by atoms with Crippen molar-refractivity contribution in [3.63, 3.8) is 0 Å². The molecule has 5 nitrogen and oxygen atoms in total. The lowest BCUT2D eigenvalue weighted by Crippen LogP contribution is -2.31. The monoisotopic (exact) mass is 430 g/mol. The van der Waals surface area contributed by atoms with Gasteiger partial charge >= 0.3 is 0 Å². The molecule has 0 atom stereocenters. The lowest BCUT2D eigenvalue weighted by molar-refractivity contribution is -0.113. The first-order chi connectivity index (χ1) is 12.5. The Kier molecular flexibility index (Phi) is 4.20. The first kappa shape index (κ1) is 17.1. The fourth-order valence-electron chi connectivity index (χ4n) is 2.97. The van der Waals surface area contributed by atoms with Gasteiger partial charge in [0.05, 0.1) is 10.2 Å². The number of nitrogens with one attached hydrogen (secondary N) is 1. The van der Waals surface area contributed by atoms with Gasteiger partial charge in [-0.15, -0.1) is 0 Å². The molecule has 4 rings (SSSR count). The summed E-state index contributed by atoms with van der Waals surface area (Å²) in [5.41, 5.74) is 4.15. The lowest BCUT2D eigenvalue weighted by Gasteiger charge is -2.17. The fraction of sp³-hybridized carbons (Fsp3) is 0.158. The number of amides is 1. The van der Waals surface area contributed by atoms with E-state index in [4.69, 9.17) is 21.7 Å². The van der Waals surface area contributed by atoms with Crippen LogP contribution in [-0.2, 0) is 4.79 Å². The molecule has 2 aliphatic rings. The molecule has 1 N–H and O–H groups in total. The van der Waals surface area contributed by atoms with E-state index in [1.807, 2.05) is 44.2 Å². The lowest BCUT2D eigenvalue weighted by atomic mass is 10.1. The summed E-state index contributed by atoms with van der Waals surface area (Å²) in [6, 6.07) is 9.53. The zero-order valence-electron chi connectivity index (χ0n) is 14.1. The molecule has 0 spiro atoms. The normalized spacial score (nSPS) is 17.2. The summed E-state index contributed by atoms with van der Waals surface area (Å²) in [7, 11) is 0. The quantitative estimate of drug-likeness (QED) is 0.574. The molecule has 1 amide bonds. The van der Waals surface area contributed by atoms with Gasteiger partial charge in [-0.05, 0) is 83.0 Å². The maximum atomic E-state index is 12.9. The van der Waals surface area contributed by atoms with E-state index in [-0.39, 0.29) is 12.7 Å². The van der Waals surface area contributed by atoms with Gasteiger partial charge in [-0.25, -0.2) is 0 Å². The molecule has 0 aromatic heterocycles. The molecule has 7 heteroatoms. The van der Waals surface area contributed by atoms with E-state index in [9.17, 15) is 4.79 Å². The minimum Gasteiger partial charge on any atom is -0.454 e. The second kappa shape index (κ2) is 6.41. The van der Waals surface area contributed by atoms with Crippen LogP contribution in [0.15, 0.2) is 40.5 Å². The van der Waals surface area contributed by atoms with Crippen LogP contribution in [0.1, 0.15) is 16.7 Å². The Labute approximate surface area is 164 Å². The second-order valence-electron chi connectivity index (χ2n) is 6.08. The van der Waals surface area contributed by atoms with E-state index >= 15 is 0 Å². The third-order valence-corrected chi connectivity index (χ3v) is 5.33. The van der Waals surface area contributed by atoms with Crippen molar-refractivity contribution in [2.45, 2.75) is 13.8 Å². The maximum absolute atomic E-state index is 12.9. The van der Waals surface area contributed by atoms with Crippen LogP contribution in [-0.4, -0.2) is 17.8 Å². The van der Waals surface area contributed by atoms with Gasteiger partial charge < -0.3 is 14.8 Å². The van der Waals surface area contributed by atoms with Crippen LogP contribution < -0.4 is 19.7 Å². The Morgan fingerprint density at radius 1 is 1.27 bits per heavy atom. The topological polar surface area (TPSA) is 50.8 Å². The largest absolute Gasteiger partial charge is 0.454 e. The number of carbonyl (C=O) groups is 1. The molecule has 0 radical (unpaired) electrons. The van der Waals surface area contributed by atoms with Gasteiger partial charge in [0.15, 0.2) is 16.6 Å². The molecule has 26 heavy (non-hydrogen) atoms. The highest BCUT2D eigenvalue weighted by atomic mass is 79.9. The predicted octanol–water partition coefficient (Wildman–Crippen LogP) is 4.06. The van der Waals surface area contributed by atoms with Crippen molar-refractivity contribution in [1.82, 2.24) is 5.32 Å². The zero-order chi connectivity index (χ0) is 18.4. The second-order valence-corrected chi connectivity index (χ2v) is 7.33. The Morgan fingerprint density at radius 3 is 2.88 bits per heavy atom. The highest BCUT2D eigenvalue weighted by Crippen LogP contribution is 2.40. The molecule has 132 valence electrons. The standard InChI is InChI=1S/C19H15BrN2O3S/c1-10-4-3-5-15(11(10)2)22-18(23)14(21-19(22)26)7-12-6-13(20)17-16(8-12)24-9-25-17/h3-8H,9H2,1-2H3,(H,21,26)/b14-7-. The van der Waals surface area contributed by atoms with Gasteiger partial charge in [-0.2, -0.15) is 0 Å². The van der Waals surface area contributed by atoms with Crippen LogP contribution in [0.25, 0.3) is 6.08 Å². The van der Waals surface area contributed by atoms with Gasteiger partial charge in [0.1, 0.15) is 5.70 Å². The molecule has 2 aromatic carbocycles. The fourth-order valence-corrected chi connectivity index (χ4v) is 3.83. The molecular weight excluding hydrogens is 416 g/mol. The van der Waals surface area contributed by atoms with Crippen LogP contribution in [0.2, 0.25) is 0 Å². The van der Waals surface area contributed by atoms with E-state index in [0.29, 0.717) is 22.3 Å². The molecule has 0 saturated carbocycles. The molecular formula is C19H15BrN2O3S. The minimum absolute atomic E-state index is 0.183. The predicted molar refractivity (Wildman–Crippen MR) is 107 cm³/mol. The van der Waals surface area contributed by atoms with Gasteiger partial charge in [-0.3, -0.25) is 9.69 Å². The van der Waals surface area contributed by atoms with E-state index in [1.54, 1.807) is 6.08 Å². The number of rotatable bonds is 2. The Balaban J connectivity index is 1.71. The first-order valence-electron chi connectivity index (χ1n) is 7.98. The van der Waals surface area contributed by atoms with E-state index in [2.05, 4.69) is 21.2 Å². The van der Waals surface area contributed by atoms with Crippen LogP contribution in [0.5, 0.6) is 11.5 Å². The Hall–Kier alpha value is -2.38. The molecule has 1 fully saturated rings. The average Bonchev–Trinajstić information content (AvgIpc) is 3.16. The molecule has 0 aliphatic carbocycles. The average molecular weight is 431 g/mol. The Morgan fingerprint density at radius 2 is 2.08 bits per heavy atom. The number of carbonyl (C=O) groups excluding carboxylic acids is 1. The molecule has 1 saturated heterocycles. The van der Waals surface area contributed by atoms with Gasteiger partial charge in [0, 0.05) is 0 Å². The molecule has 2 aromatic rings. The highest BCUT2D eigenvalue weighted by Gasteiger charge is 2.33. The van der Waals surface area contributed by atoms with Crippen molar-refractivity contribution >= 4 is 50.9 Å². The summed E-state index contributed by atoms with van der Waals surface area (Å²) in [6.07, 6.45) is 1.76. The van der Waals surface area contributed by atoms with Crippen molar-refractivity contribution in [2.75, 3.05) is 11.7 Å². The molecule has 2 heterocycles. The molecule has 0 bridgehead atoms. The van der Waals surface area contributed by atoms with Gasteiger partial charge in [0.25, 0.3) is 5.91 Å². The van der Waals surface area contributed by atoms with E-state index in [0.717, 1.165) is 26.9 Å². The highest BCUT2D eigenvalue weighted by molar-refractivity contribution is 9.10. The third kappa shape index (κ3) is 2.77. The van der Waals surface area contributed by atoms with Crippen molar-refractivity contribution in [3.05, 3.63) is 57.2 Å². The Bertz CT molecular complexity index is 987. The molecule has 0 unspecified atom stereocenters. The van der Waals surface area contributed by atoms with Crippen molar-refractivity contribution in [1.29, 1.82) is 0 Å². The van der Waals surface area contributed by atoms with Crippen LogP contribution in [0, 0.1) is 13.8 Å². The summed E-state index contributed by atoms with van der Waals surface area (Å²) < 4.78 is 11.6. The first-order valence-corrected chi connectivity index (χ1v) is 9.18. The summed E-state index contributed by atoms with van der Waals surface area (Å²) >= 11 is 8.86.